The van der Waals surface area contributed by atoms with Gasteiger partial charge in [-0.15, -0.1) is 0 Å². The summed E-state index contributed by atoms with van der Waals surface area (Å²) in [6.07, 6.45) is 1.46. The Morgan fingerprint density at radius 2 is 2.32 bits per heavy atom. The number of halogens is 1. The molecule has 106 valence electrons. The van der Waals surface area contributed by atoms with Crippen molar-refractivity contribution in [3.8, 4) is 0 Å². The van der Waals surface area contributed by atoms with Gasteiger partial charge in [0.25, 0.3) is 0 Å². The number of methoxy groups -OCH3 is 1. The molecular formula is C14H22ClN3O. The van der Waals surface area contributed by atoms with E-state index in [1.807, 2.05) is 19.2 Å². The maximum absolute atomic E-state index is 6.22. The summed E-state index contributed by atoms with van der Waals surface area (Å²) in [6, 6.07) is 3.79. The van der Waals surface area contributed by atoms with E-state index >= 15 is 0 Å². The molecule has 1 aromatic rings. The molecule has 0 aliphatic carbocycles. The summed E-state index contributed by atoms with van der Waals surface area (Å²) >= 11 is 6.22. The van der Waals surface area contributed by atoms with Crippen molar-refractivity contribution in [1.29, 1.82) is 0 Å². The van der Waals surface area contributed by atoms with Crippen molar-refractivity contribution in [1.82, 2.24) is 9.88 Å². The van der Waals surface area contributed by atoms with Gasteiger partial charge in [0.05, 0.1) is 16.8 Å². The predicted molar refractivity (Wildman–Crippen MR) is 78.6 cm³/mol. The SMILES string of the molecule is CNc1ccc(Cl)c(CN2CCC(C)C(OC)C2)n1. The van der Waals surface area contributed by atoms with E-state index in [4.69, 9.17) is 16.3 Å². The van der Waals surface area contributed by atoms with Crippen molar-refractivity contribution in [3.05, 3.63) is 22.8 Å². The lowest BCUT2D eigenvalue weighted by atomic mass is 9.96. The summed E-state index contributed by atoms with van der Waals surface area (Å²) in [4.78, 5) is 6.89. The molecule has 2 rings (SSSR count). The molecule has 0 saturated carbocycles. The molecule has 0 bridgehead atoms. The Hall–Kier alpha value is -0.840. The van der Waals surface area contributed by atoms with Crippen LogP contribution in [0.1, 0.15) is 19.0 Å². The molecule has 19 heavy (non-hydrogen) atoms. The van der Waals surface area contributed by atoms with Crippen LogP contribution in [-0.2, 0) is 11.3 Å². The van der Waals surface area contributed by atoms with Gasteiger partial charge >= 0.3 is 0 Å². The van der Waals surface area contributed by atoms with Gasteiger partial charge < -0.3 is 10.1 Å². The number of aromatic nitrogens is 1. The Kier molecular flexibility index (Phi) is 5.02. The monoisotopic (exact) mass is 283 g/mol. The smallest absolute Gasteiger partial charge is 0.126 e. The number of anilines is 1. The molecular weight excluding hydrogens is 262 g/mol. The average Bonchev–Trinajstić information content (AvgIpc) is 2.43. The summed E-state index contributed by atoms with van der Waals surface area (Å²) in [6.45, 7) is 5.04. The zero-order valence-electron chi connectivity index (χ0n) is 11.8. The molecule has 0 spiro atoms. The molecule has 0 aromatic carbocycles. The van der Waals surface area contributed by atoms with Crippen molar-refractivity contribution in [2.75, 3.05) is 32.6 Å². The van der Waals surface area contributed by atoms with E-state index in [2.05, 4.69) is 22.1 Å². The van der Waals surface area contributed by atoms with E-state index in [0.717, 1.165) is 42.6 Å². The third-order valence-electron chi connectivity index (χ3n) is 3.82. The maximum Gasteiger partial charge on any atom is 0.126 e. The Balaban J connectivity index is 2.04. The highest BCUT2D eigenvalue weighted by Gasteiger charge is 2.26. The highest BCUT2D eigenvalue weighted by Crippen LogP contribution is 2.23. The van der Waals surface area contributed by atoms with Crippen LogP contribution < -0.4 is 5.32 Å². The minimum atomic E-state index is 0.306. The zero-order chi connectivity index (χ0) is 13.8. The van der Waals surface area contributed by atoms with E-state index < -0.39 is 0 Å². The Morgan fingerprint density at radius 1 is 1.53 bits per heavy atom. The van der Waals surface area contributed by atoms with E-state index in [1.54, 1.807) is 7.11 Å². The lowest BCUT2D eigenvalue weighted by Crippen LogP contribution is -2.43. The van der Waals surface area contributed by atoms with E-state index in [1.165, 1.54) is 0 Å². The first-order valence-electron chi connectivity index (χ1n) is 6.72. The molecule has 4 nitrogen and oxygen atoms in total. The molecule has 5 heteroatoms. The number of piperidine rings is 1. The minimum Gasteiger partial charge on any atom is -0.380 e. The highest BCUT2D eigenvalue weighted by atomic mass is 35.5. The predicted octanol–water partition coefficient (Wildman–Crippen LogP) is 2.63. The number of rotatable bonds is 4. The molecule has 1 aliphatic rings. The number of hydrogen-bond donors (Lipinski definition) is 1. The Bertz CT molecular complexity index is 427. The molecule has 0 amide bonds. The van der Waals surface area contributed by atoms with E-state index in [9.17, 15) is 0 Å². The van der Waals surface area contributed by atoms with Gasteiger partial charge in [-0.3, -0.25) is 4.90 Å². The van der Waals surface area contributed by atoms with Gasteiger partial charge in [-0.25, -0.2) is 4.98 Å². The molecule has 1 aliphatic heterocycles. The topological polar surface area (TPSA) is 37.4 Å². The van der Waals surface area contributed by atoms with Crippen LogP contribution in [0.15, 0.2) is 12.1 Å². The lowest BCUT2D eigenvalue weighted by molar-refractivity contribution is -0.00776. The third kappa shape index (κ3) is 3.59. The van der Waals surface area contributed by atoms with Crippen LogP contribution in [0.4, 0.5) is 5.82 Å². The fourth-order valence-corrected chi connectivity index (χ4v) is 2.66. The van der Waals surface area contributed by atoms with Gasteiger partial charge in [0, 0.05) is 27.2 Å². The number of hydrogen-bond acceptors (Lipinski definition) is 4. The third-order valence-corrected chi connectivity index (χ3v) is 4.17. The van der Waals surface area contributed by atoms with Crippen LogP contribution in [0.3, 0.4) is 0 Å². The number of likely N-dealkylation sites (tertiary alicyclic amines) is 1. The second-order valence-corrected chi connectivity index (χ2v) is 5.56. The summed E-state index contributed by atoms with van der Waals surface area (Å²) in [5, 5.41) is 3.77. The van der Waals surface area contributed by atoms with Crippen LogP contribution in [0.2, 0.25) is 5.02 Å². The minimum absolute atomic E-state index is 0.306. The number of nitrogens with zero attached hydrogens (tertiary/aromatic N) is 2. The van der Waals surface area contributed by atoms with Crippen molar-refractivity contribution < 1.29 is 4.74 Å². The maximum atomic E-state index is 6.22. The summed E-state index contributed by atoms with van der Waals surface area (Å²) in [7, 11) is 3.65. The van der Waals surface area contributed by atoms with Crippen molar-refractivity contribution >= 4 is 17.4 Å². The molecule has 1 aromatic heterocycles. The first-order valence-corrected chi connectivity index (χ1v) is 7.10. The van der Waals surface area contributed by atoms with Crippen molar-refractivity contribution in [2.45, 2.75) is 26.0 Å². The van der Waals surface area contributed by atoms with Crippen LogP contribution in [0.5, 0.6) is 0 Å². The zero-order valence-corrected chi connectivity index (χ0v) is 12.6. The van der Waals surface area contributed by atoms with Crippen molar-refractivity contribution in [3.63, 3.8) is 0 Å². The molecule has 2 unspecified atom stereocenters. The molecule has 1 N–H and O–H groups in total. The van der Waals surface area contributed by atoms with E-state index in [-0.39, 0.29) is 0 Å². The molecule has 1 saturated heterocycles. The fraction of sp³-hybridized carbons (Fsp3) is 0.643. The Labute approximate surface area is 120 Å². The number of ether oxygens (including phenoxy) is 1. The van der Waals surface area contributed by atoms with Gasteiger partial charge in [0.2, 0.25) is 0 Å². The van der Waals surface area contributed by atoms with Gasteiger partial charge in [-0.2, -0.15) is 0 Å². The molecule has 1 fully saturated rings. The quantitative estimate of drug-likeness (QED) is 0.922. The summed E-state index contributed by atoms with van der Waals surface area (Å²) < 4.78 is 5.54. The highest BCUT2D eigenvalue weighted by molar-refractivity contribution is 6.31. The molecule has 0 radical (unpaired) electrons. The van der Waals surface area contributed by atoms with Crippen LogP contribution in [0.25, 0.3) is 0 Å². The Morgan fingerprint density at radius 3 is 3.00 bits per heavy atom. The van der Waals surface area contributed by atoms with Gasteiger partial charge in [0.1, 0.15) is 5.82 Å². The standard InChI is InChI=1S/C14H22ClN3O/c1-10-6-7-18(9-13(10)19-3)8-12-11(15)4-5-14(16-2)17-12/h4-5,10,13H,6-9H2,1-3H3,(H,16,17). The van der Waals surface area contributed by atoms with Crippen LogP contribution in [0, 0.1) is 5.92 Å². The van der Waals surface area contributed by atoms with Crippen LogP contribution in [-0.4, -0.2) is 43.2 Å². The normalized spacial score (nSPS) is 24.4. The van der Waals surface area contributed by atoms with E-state index in [0.29, 0.717) is 12.0 Å². The number of nitrogens with one attached hydrogen (secondary N) is 1. The first kappa shape index (κ1) is 14.6. The molecule has 2 heterocycles. The second-order valence-electron chi connectivity index (χ2n) is 5.15. The average molecular weight is 284 g/mol. The summed E-state index contributed by atoms with van der Waals surface area (Å²) in [5.74, 6) is 1.47. The largest absolute Gasteiger partial charge is 0.380 e. The van der Waals surface area contributed by atoms with Crippen LogP contribution >= 0.6 is 11.6 Å². The van der Waals surface area contributed by atoms with Crippen molar-refractivity contribution in [2.24, 2.45) is 5.92 Å². The van der Waals surface area contributed by atoms with Gasteiger partial charge in [-0.1, -0.05) is 18.5 Å². The lowest BCUT2D eigenvalue weighted by Gasteiger charge is -2.36. The number of pyridine rings is 1. The molecule has 2 atom stereocenters. The second kappa shape index (κ2) is 6.55. The first-order chi connectivity index (χ1) is 9.13. The van der Waals surface area contributed by atoms with Gasteiger partial charge in [-0.05, 0) is 31.0 Å². The fourth-order valence-electron chi connectivity index (χ4n) is 2.49. The summed E-state index contributed by atoms with van der Waals surface area (Å²) in [5.41, 5.74) is 0.929. The van der Waals surface area contributed by atoms with Gasteiger partial charge in [0.15, 0.2) is 0 Å².